The molecule has 1 heterocycles. The SMILES string of the molecule is CC(C)n1c(=O)c(CCO)cc2ccccc21. The van der Waals surface area contributed by atoms with Crippen molar-refractivity contribution in [3.63, 3.8) is 0 Å². The van der Waals surface area contributed by atoms with E-state index in [9.17, 15) is 4.79 Å². The molecule has 0 bridgehead atoms. The summed E-state index contributed by atoms with van der Waals surface area (Å²) in [4.78, 5) is 12.3. The van der Waals surface area contributed by atoms with Crippen LogP contribution in [0.3, 0.4) is 0 Å². The molecule has 0 radical (unpaired) electrons. The number of aliphatic hydroxyl groups excluding tert-OH is 1. The van der Waals surface area contributed by atoms with Crippen LogP contribution in [-0.2, 0) is 6.42 Å². The number of aliphatic hydroxyl groups is 1. The van der Waals surface area contributed by atoms with Gasteiger partial charge in [0.2, 0.25) is 0 Å². The lowest BCUT2D eigenvalue weighted by molar-refractivity contribution is 0.299. The Bertz CT molecular complexity index is 584. The lowest BCUT2D eigenvalue weighted by atomic mass is 10.1. The van der Waals surface area contributed by atoms with Crippen molar-refractivity contribution in [1.82, 2.24) is 4.57 Å². The van der Waals surface area contributed by atoms with Crippen LogP contribution in [0.25, 0.3) is 10.9 Å². The van der Waals surface area contributed by atoms with Crippen molar-refractivity contribution >= 4 is 10.9 Å². The molecule has 90 valence electrons. The number of para-hydroxylation sites is 1. The number of rotatable bonds is 3. The maximum Gasteiger partial charge on any atom is 0.254 e. The van der Waals surface area contributed by atoms with Gasteiger partial charge in [-0.3, -0.25) is 4.79 Å². The normalized spacial score (nSPS) is 11.3. The van der Waals surface area contributed by atoms with E-state index in [-0.39, 0.29) is 18.2 Å². The van der Waals surface area contributed by atoms with Crippen LogP contribution in [0.15, 0.2) is 35.1 Å². The third kappa shape index (κ3) is 2.11. The van der Waals surface area contributed by atoms with E-state index < -0.39 is 0 Å². The molecular weight excluding hydrogens is 214 g/mol. The van der Waals surface area contributed by atoms with Gasteiger partial charge >= 0.3 is 0 Å². The highest BCUT2D eigenvalue weighted by Gasteiger charge is 2.10. The Kier molecular flexibility index (Phi) is 3.29. The fourth-order valence-corrected chi connectivity index (χ4v) is 2.15. The summed E-state index contributed by atoms with van der Waals surface area (Å²) < 4.78 is 1.79. The van der Waals surface area contributed by atoms with Crippen LogP contribution < -0.4 is 5.56 Å². The molecule has 0 aliphatic heterocycles. The summed E-state index contributed by atoms with van der Waals surface area (Å²) in [5, 5.41) is 10.0. The first-order valence-electron chi connectivity index (χ1n) is 5.89. The molecule has 0 unspecified atom stereocenters. The van der Waals surface area contributed by atoms with Gasteiger partial charge < -0.3 is 9.67 Å². The Labute approximate surface area is 100 Å². The van der Waals surface area contributed by atoms with Crippen molar-refractivity contribution in [2.75, 3.05) is 6.61 Å². The van der Waals surface area contributed by atoms with Gasteiger partial charge in [0.1, 0.15) is 0 Å². The van der Waals surface area contributed by atoms with Gasteiger partial charge in [0.25, 0.3) is 5.56 Å². The Morgan fingerprint density at radius 2 is 2.00 bits per heavy atom. The zero-order valence-corrected chi connectivity index (χ0v) is 10.2. The minimum absolute atomic E-state index is 0.00563. The molecule has 3 nitrogen and oxygen atoms in total. The molecule has 17 heavy (non-hydrogen) atoms. The van der Waals surface area contributed by atoms with Gasteiger partial charge in [-0.2, -0.15) is 0 Å². The average Bonchev–Trinajstić information content (AvgIpc) is 2.30. The number of hydrogen-bond donors (Lipinski definition) is 1. The molecule has 0 amide bonds. The van der Waals surface area contributed by atoms with Crippen LogP contribution in [0.5, 0.6) is 0 Å². The molecular formula is C14H17NO2. The predicted molar refractivity (Wildman–Crippen MR) is 69.4 cm³/mol. The second kappa shape index (κ2) is 4.72. The van der Waals surface area contributed by atoms with Crippen molar-refractivity contribution in [3.05, 3.63) is 46.2 Å². The molecule has 0 atom stereocenters. The van der Waals surface area contributed by atoms with E-state index in [1.54, 1.807) is 4.57 Å². The summed E-state index contributed by atoms with van der Waals surface area (Å²) in [5.41, 5.74) is 1.64. The van der Waals surface area contributed by atoms with E-state index in [1.165, 1.54) is 0 Å². The Balaban J connectivity index is 2.81. The quantitative estimate of drug-likeness (QED) is 0.879. The zero-order valence-electron chi connectivity index (χ0n) is 10.2. The molecule has 0 spiro atoms. The van der Waals surface area contributed by atoms with Crippen LogP contribution in [0.1, 0.15) is 25.5 Å². The minimum atomic E-state index is 0.00563. The largest absolute Gasteiger partial charge is 0.396 e. The summed E-state index contributed by atoms with van der Waals surface area (Å²) in [6.45, 7) is 4.00. The fourth-order valence-electron chi connectivity index (χ4n) is 2.15. The number of nitrogens with zero attached hydrogens (tertiary/aromatic N) is 1. The fraction of sp³-hybridized carbons (Fsp3) is 0.357. The van der Waals surface area contributed by atoms with Gasteiger partial charge in [0.05, 0.1) is 5.52 Å². The first-order chi connectivity index (χ1) is 8.15. The van der Waals surface area contributed by atoms with E-state index in [2.05, 4.69) is 0 Å². The lowest BCUT2D eigenvalue weighted by Gasteiger charge is -2.15. The Morgan fingerprint density at radius 1 is 1.29 bits per heavy atom. The molecule has 3 heteroatoms. The van der Waals surface area contributed by atoms with Gasteiger partial charge in [0, 0.05) is 24.6 Å². The highest BCUT2D eigenvalue weighted by molar-refractivity contribution is 5.79. The van der Waals surface area contributed by atoms with Crippen molar-refractivity contribution in [2.45, 2.75) is 26.3 Å². The molecule has 2 aromatic rings. The summed E-state index contributed by atoms with van der Waals surface area (Å²) in [5.74, 6) is 0. The average molecular weight is 231 g/mol. The summed E-state index contributed by atoms with van der Waals surface area (Å²) in [6.07, 6.45) is 0.413. The minimum Gasteiger partial charge on any atom is -0.396 e. The van der Waals surface area contributed by atoms with Crippen molar-refractivity contribution in [2.24, 2.45) is 0 Å². The Morgan fingerprint density at radius 3 is 2.65 bits per heavy atom. The van der Waals surface area contributed by atoms with Crippen LogP contribution in [-0.4, -0.2) is 16.3 Å². The number of fused-ring (bicyclic) bond motifs is 1. The van der Waals surface area contributed by atoms with Crippen molar-refractivity contribution < 1.29 is 5.11 Å². The monoisotopic (exact) mass is 231 g/mol. The summed E-state index contributed by atoms with van der Waals surface area (Å²) in [7, 11) is 0. The second-order valence-electron chi connectivity index (χ2n) is 4.47. The van der Waals surface area contributed by atoms with Gasteiger partial charge in [0.15, 0.2) is 0 Å². The smallest absolute Gasteiger partial charge is 0.254 e. The molecule has 0 aliphatic carbocycles. The van der Waals surface area contributed by atoms with Gasteiger partial charge in [-0.05, 0) is 31.4 Å². The molecule has 0 saturated heterocycles. The Hall–Kier alpha value is -1.61. The predicted octanol–water partition coefficient (Wildman–Crippen LogP) is 2.12. The molecule has 0 aliphatic rings. The van der Waals surface area contributed by atoms with E-state index >= 15 is 0 Å². The highest BCUT2D eigenvalue weighted by atomic mass is 16.3. The number of aromatic nitrogens is 1. The van der Waals surface area contributed by atoms with E-state index in [4.69, 9.17) is 5.11 Å². The van der Waals surface area contributed by atoms with Crippen LogP contribution in [0.4, 0.5) is 0 Å². The van der Waals surface area contributed by atoms with Gasteiger partial charge in [-0.25, -0.2) is 0 Å². The number of benzene rings is 1. The zero-order chi connectivity index (χ0) is 12.4. The first kappa shape index (κ1) is 11.9. The summed E-state index contributed by atoms with van der Waals surface area (Å²) >= 11 is 0. The van der Waals surface area contributed by atoms with Gasteiger partial charge in [-0.15, -0.1) is 0 Å². The third-order valence-corrected chi connectivity index (χ3v) is 2.92. The van der Waals surface area contributed by atoms with E-state index in [0.717, 1.165) is 10.9 Å². The third-order valence-electron chi connectivity index (χ3n) is 2.92. The standard InChI is InChI=1S/C14H17NO2/c1-10(2)15-13-6-4-3-5-11(13)9-12(7-8-16)14(15)17/h3-6,9-10,16H,7-8H2,1-2H3. The topological polar surface area (TPSA) is 42.2 Å². The molecule has 1 N–H and O–H groups in total. The van der Waals surface area contributed by atoms with Crippen LogP contribution in [0.2, 0.25) is 0 Å². The maximum absolute atomic E-state index is 12.3. The molecule has 1 aromatic heterocycles. The molecule has 2 rings (SSSR count). The van der Waals surface area contributed by atoms with E-state index in [0.29, 0.717) is 12.0 Å². The highest BCUT2D eigenvalue weighted by Crippen LogP contribution is 2.17. The molecule has 1 aromatic carbocycles. The number of pyridine rings is 1. The maximum atomic E-state index is 12.3. The van der Waals surface area contributed by atoms with Crippen LogP contribution in [0, 0.1) is 0 Å². The van der Waals surface area contributed by atoms with Gasteiger partial charge in [-0.1, -0.05) is 18.2 Å². The van der Waals surface area contributed by atoms with Crippen LogP contribution >= 0.6 is 0 Å². The number of hydrogen-bond acceptors (Lipinski definition) is 2. The first-order valence-corrected chi connectivity index (χ1v) is 5.89. The lowest BCUT2D eigenvalue weighted by Crippen LogP contribution is -2.26. The second-order valence-corrected chi connectivity index (χ2v) is 4.47. The van der Waals surface area contributed by atoms with Crippen molar-refractivity contribution in [1.29, 1.82) is 0 Å². The molecule has 0 fully saturated rings. The van der Waals surface area contributed by atoms with E-state index in [1.807, 2.05) is 44.2 Å². The molecule has 0 saturated carbocycles. The van der Waals surface area contributed by atoms with Crippen molar-refractivity contribution in [3.8, 4) is 0 Å². The summed E-state index contributed by atoms with van der Waals surface area (Å²) in [6, 6.07) is 9.85.